The van der Waals surface area contributed by atoms with Crippen molar-refractivity contribution in [2.24, 2.45) is 0 Å². The van der Waals surface area contributed by atoms with E-state index in [1.807, 2.05) is 30.8 Å². The Hall–Kier alpha value is -1.89. The molecule has 0 spiro atoms. The van der Waals surface area contributed by atoms with E-state index < -0.39 is 0 Å². The van der Waals surface area contributed by atoms with Crippen molar-refractivity contribution in [3.8, 4) is 0 Å². The van der Waals surface area contributed by atoms with Gasteiger partial charge in [0.15, 0.2) is 0 Å². The van der Waals surface area contributed by atoms with Crippen molar-refractivity contribution in [2.45, 2.75) is 39.2 Å². The lowest BCUT2D eigenvalue weighted by Crippen LogP contribution is -2.36. The summed E-state index contributed by atoms with van der Waals surface area (Å²) in [5, 5.41) is 10.2. The van der Waals surface area contributed by atoms with Crippen LogP contribution < -0.4 is 5.32 Å². The number of carbonyl (C=O) groups excluding carboxylic acids is 1. The van der Waals surface area contributed by atoms with E-state index in [2.05, 4.69) is 22.3 Å². The minimum Gasteiger partial charge on any atom is -0.327 e. The molecule has 0 unspecified atom stereocenters. The Morgan fingerprint density at radius 2 is 2.18 bits per heavy atom. The van der Waals surface area contributed by atoms with E-state index in [-0.39, 0.29) is 17.5 Å². The lowest BCUT2D eigenvalue weighted by atomic mass is 10.1. The number of nitrogens with one attached hydrogen (secondary N) is 1. The van der Waals surface area contributed by atoms with Gasteiger partial charge in [-0.1, -0.05) is 6.92 Å². The number of rotatable bonds is 4. The zero-order valence-electron chi connectivity index (χ0n) is 13.7. The highest BCUT2D eigenvalue weighted by atomic mass is 32.1. The molecule has 22 heavy (non-hydrogen) atoms. The standard InChI is InChI=1S/C15H23N5OS/c1-11(13-16-8-9-22-13)10-19(5)14(21)18-12-6-7-17-20(12)15(2,3)4/h6-9,11H,10H2,1-5H3,(H,18,21)/t11-/m1/s1. The van der Waals surface area contributed by atoms with Crippen LogP contribution in [-0.4, -0.2) is 39.3 Å². The van der Waals surface area contributed by atoms with Gasteiger partial charge in [0, 0.05) is 37.2 Å². The first kappa shape index (κ1) is 16.5. The fourth-order valence-electron chi connectivity index (χ4n) is 2.19. The molecule has 0 saturated heterocycles. The monoisotopic (exact) mass is 321 g/mol. The third-order valence-electron chi connectivity index (χ3n) is 3.28. The number of aromatic nitrogens is 3. The number of urea groups is 1. The van der Waals surface area contributed by atoms with Crippen molar-refractivity contribution in [3.05, 3.63) is 28.8 Å². The van der Waals surface area contributed by atoms with Gasteiger partial charge in [0.2, 0.25) is 0 Å². The Morgan fingerprint density at radius 1 is 1.45 bits per heavy atom. The number of likely N-dealkylation sites (N-methyl/N-ethyl adjacent to an activating group) is 1. The average Bonchev–Trinajstić information content (AvgIpc) is 3.08. The largest absolute Gasteiger partial charge is 0.327 e. The van der Waals surface area contributed by atoms with Gasteiger partial charge in [0.25, 0.3) is 0 Å². The molecule has 0 aromatic carbocycles. The van der Waals surface area contributed by atoms with E-state index in [9.17, 15) is 4.79 Å². The molecule has 2 aromatic rings. The lowest BCUT2D eigenvalue weighted by Gasteiger charge is -2.25. The molecule has 2 heterocycles. The summed E-state index contributed by atoms with van der Waals surface area (Å²) in [6.07, 6.45) is 3.48. The lowest BCUT2D eigenvalue weighted by molar-refractivity contribution is 0.219. The summed E-state index contributed by atoms with van der Waals surface area (Å²) in [6, 6.07) is 1.66. The maximum atomic E-state index is 12.4. The number of anilines is 1. The SMILES string of the molecule is C[C@H](CN(C)C(=O)Nc1ccnn1C(C)(C)C)c1nccs1. The van der Waals surface area contributed by atoms with Crippen LogP contribution in [0.25, 0.3) is 0 Å². The number of carbonyl (C=O) groups is 1. The first-order chi connectivity index (χ1) is 10.3. The highest BCUT2D eigenvalue weighted by molar-refractivity contribution is 7.09. The highest BCUT2D eigenvalue weighted by Gasteiger charge is 2.20. The van der Waals surface area contributed by atoms with Crippen LogP contribution >= 0.6 is 11.3 Å². The summed E-state index contributed by atoms with van der Waals surface area (Å²) in [4.78, 5) is 18.3. The molecule has 2 aromatic heterocycles. The van der Waals surface area contributed by atoms with Crippen LogP contribution in [0.4, 0.5) is 10.6 Å². The summed E-state index contributed by atoms with van der Waals surface area (Å²) in [7, 11) is 1.79. The molecule has 1 atom stereocenters. The highest BCUT2D eigenvalue weighted by Crippen LogP contribution is 2.21. The molecule has 7 heteroatoms. The van der Waals surface area contributed by atoms with Gasteiger partial charge in [0.05, 0.1) is 16.7 Å². The Bertz CT molecular complexity index is 614. The van der Waals surface area contributed by atoms with Gasteiger partial charge in [-0.25, -0.2) is 14.5 Å². The van der Waals surface area contributed by atoms with Gasteiger partial charge in [-0.3, -0.25) is 5.32 Å². The topological polar surface area (TPSA) is 63.1 Å². The Kier molecular flexibility index (Phi) is 4.85. The molecule has 2 amide bonds. The van der Waals surface area contributed by atoms with Gasteiger partial charge in [-0.05, 0) is 20.8 Å². The van der Waals surface area contributed by atoms with Crippen LogP contribution in [0.3, 0.4) is 0 Å². The summed E-state index contributed by atoms with van der Waals surface area (Å²) >= 11 is 1.61. The Labute approximate surface area is 135 Å². The van der Waals surface area contributed by atoms with Crippen LogP contribution in [-0.2, 0) is 5.54 Å². The zero-order valence-corrected chi connectivity index (χ0v) is 14.5. The summed E-state index contributed by atoms with van der Waals surface area (Å²) in [5.74, 6) is 0.912. The Morgan fingerprint density at radius 3 is 2.77 bits per heavy atom. The van der Waals surface area contributed by atoms with Gasteiger partial charge in [0.1, 0.15) is 5.82 Å². The van der Waals surface area contributed by atoms with Crippen LogP contribution in [0.2, 0.25) is 0 Å². The molecule has 0 aliphatic heterocycles. The Balaban J connectivity index is 1.99. The maximum Gasteiger partial charge on any atom is 0.322 e. The van der Waals surface area contributed by atoms with Gasteiger partial charge < -0.3 is 4.90 Å². The second-order valence-electron chi connectivity index (χ2n) is 6.38. The molecule has 0 radical (unpaired) electrons. The van der Waals surface area contributed by atoms with Gasteiger partial charge >= 0.3 is 6.03 Å². The van der Waals surface area contributed by atoms with Crippen molar-refractivity contribution in [1.29, 1.82) is 0 Å². The minimum absolute atomic E-state index is 0.144. The van der Waals surface area contributed by atoms with Gasteiger partial charge in [-0.15, -0.1) is 11.3 Å². The predicted octanol–water partition coefficient (Wildman–Crippen LogP) is 3.36. The molecular formula is C15H23N5OS. The van der Waals surface area contributed by atoms with E-state index >= 15 is 0 Å². The molecule has 2 rings (SSSR count). The third kappa shape index (κ3) is 3.85. The summed E-state index contributed by atoms with van der Waals surface area (Å²) < 4.78 is 1.81. The fraction of sp³-hybridized carbons (Fsp3) is 0.533. The molecule has 120 valence electrons. The first-order valence-electron chi connectivity index (χ1n) is 7.25. The van der Waals surface area contributed by atoms with Crippen molar-refractivity contribution < 1.29 is 4.79 Å². The smallest absolute Gasteiger partial charge is 0.322 e. The number of nitrogens with zero attached hydrogens (tertiary/aromatic N) is 4. The van der Waals surface area contributed by atoms with E-state index in [0.29, 0.717) is 12.4 Å². The molecule has 0 aliphatic carbocycles. The average molecular weight is 321 g/mol. The summed E-state index contributed by atoms with van der Waals surface area (Å²) in [6.45, 7) is 8.82. The van der Waals surface area contributed by atoms with Crippen LogP contribution in [0, 0.1) is 0 Å². The van der Waals surface area contributed by atoms with Crippen LogP contribution in [0.5, 0.6) is 0 Å². The predicted molar refractivity (Wildman–Crippen MR) is 89.4 cm³/mol. The number of thiazole rings is 1. The van der Waals surface area contributed by atoms with Crippen molar-refractivity contribution >= 4 is 23.2 Å². The fourth-order valence-corrected chi connectivity index (χ4v) is 2.88. The van der Waals surface area contributed by atoms with Gasteiger partial charge in [-0.2, -0.15) is 5.10 Å². The van der Waals surface area contributed by atoms with Crippen LogP contribution in [0.1, 0.15) is 38.6 Å². The third-order valence-corrected chi connectivity index (χ3v) is 4.29. The molecule has 1 N–H and O–H groups in total. The van der Waals surface area contributed by atoms with E-state index in [0.717, 1.165) is 5.01 Å². The van der Waals surface area contributed by atoms with Crippen molar-refractivity contribution in [1.82, 2.24) is 19.7 Å². The van der Waals surface area contributed by atoms with Crippen molar-refractivity contribution in [2.75, 3.05) is 18.9 Å². The maximum absolute atomic E-state index is 12.4. The normalized spacial score (nSPS) is 13.0. The van der Waals surface area contributed by atoms with E-state index in [1.165, 1.54) is 0 Å². The van der Waals surface area contributed by atoms with E-state index in [1.54, 1.807) is 41.7 Å². The molecule has 0 bridgehead atoms. The van der Waals surface area contributed by atoms with Crippen LogP contribution in [0.15, 0.2) is 23.8 Å². The molecular weight excluding hydrogens is 298 g/mol. The second-order valence-corrected chi connectivity index (χ2v) is 7.31. The number of hydrogen-bond donors (Lipinski definition) is 1. The minimum atomic E-state index is -0.182. The zero-order chi connectivity index (χ0) is 16.3. The van der Waals surface area contributed by atoms with E-state index in [4.69, 9.17) is 0 Å². The quantitative estimate of drug-likeness (QED) is 0.939. The second kappa shape index (κ2) is 6.48. The summed E-state index contributed by atoms with van der Waals surface area (Å²) in [5.41, 5.74) is -0.182. The molecule has 0 fully saturated rings. The number of amides is 2. The molecule has 6 nitrogen and oxygen atoms in total. The number of hydrogen-bond acceptors (Lipinski definition) is 4. The first-order valence-corrected chi connectivity index (χ1v) is 8.13. The van der Waals surface area contributed by atoms with Crippen molar-refractivity contribution in [3.63, 3.8) is 0 Å². The molecule has 0 saturated carbocycles. The molecule has 0 aliphatic rings.